The Morgan fingerprint density at radius 3 is 3.10 bits per heavy atom. The van der Waals surface area contributed by atoms with Gasteiger partial charge in [-0.3, -0.25) is 4.68 Å². The lowest BCUT2D eigenvalue weighted by atomic mass is 10.1. The van der Waals surface area contributed by atoms with Crippen molar-refractivity contribution in [1.82, 2.24) is 9.78 Å². The molecule has 0 fully saturated rings. The van der Waals surface area contributed by atoms with Crippen molar-refractivity contribution < 1.29 is 4.74 Å². The summed E-state index contributed by atoms with van der Waals surface area (Å²) in [5.41, 5.74) is 9.57. The van der Waals surface area contributed by atoms with Crippen molar-refractivity contribution in [2.24, 2.45) is 5.73 Å². The van der Waals surface area contributed by atoms with Gasteiger partial charge < -0.3 is 10.5 Å². The minimum absolute atomic E-state index is 0.160. The molecule has 1 aromatic carbocycles. The Hall–Kier alpha value is -1.81. The quantitative estimate of drug-likeness (QED) is 0.916. The van der Waals surface area contributed by atoms with Crippen LogP contribution in [0.2, 0.25) is 0 Å². The number of rotatable bonds is 5. The van der Waals surface area contributed by atoms with Crippen molar-refractivity contribution in [3.8, 4) is 5.75 Å². The Labute approximate surface area is 125 Å². The van der Waals surface area contributed by atoms with Crippen LogP contribution >= 0.6 is 0 Å². The third kappa shape index (κ3) is 2.81. The molecule has 0 amide bonds. The summed E-state index contributed by atoms with van der Waals surface area (Å²) in [4.78, 5) is 0. The minimum Gasteiger partial charge on any atom is -0.487 e. The predicted molar refractivity (Wildman–Crippen MR) is 83.3 cm³/mol. The Morgan fingerprint density at radius 1 is 1.43 bits per heavy atom. The van der Waals surface area contributed by atoms with Crippen molar-refractivity contribution in [2.75, 3.05) is 0 Å². The molecule has 2 unspecified atom stereocenters. The van der Waals surface area contributed by atoms with E-state index in [0.717, 1.165) is 30.7 Å². The Balaban J connectivity index is 1.70. The monoisotopic (exact) mass is 285 g/mol. The number of aromatic nitrogens is 2. The fourth-order valence-electron chi connectivity index (χ4n) is 2.83. The van der Waals surface area contributed by atoms with Gasteiger partial charge in [0.05, 0.1) is 5.69 Å². The topological polar surface area (TPSA) is 53.1 Å². The first kappa shape index (κ1) is 14.1. The zero-order valence-corrected chi connectivity index (χ0v) is 12.7. The van der Waals surface area contributed by atoms with E-state index in [1.54, 1.807) is 0 Å². The number of ether oxygens (including phenoxy) is 1. The van der Waals surface area contributed by atoms with E-state index in [-0.39, 0.29) is 6.04 Å². The van der Waals surface area contributed by atoms with E-state index >= 15 is 0 Å². The molecule has 21 heavy (non-hydrogen) atoms. The van der Waals surface area contributed by atoms with Gasteiger partial charge in [-0.1, -0.05) is 19.1 Å². The van der Waals surface area contributed by atoms with Gasteiger partial charge in [0.1, 0.15) is 12.4 Å². The molecule has 0 saturated heterocycles. The van der Waals surface area contributed by atoms with Gasteiger partial charge in [0, 0.05) is 18.3 Å². The second kappa shape index (κ2) is 5.90. The van der Waals surface area contributed by atoms with Crippen LogP contribution in [-0.2, 0) is 13.0 Å². The molecule has 0 aliphatic heterocycles. The summed E-state index contributed by atoms with van der Waals surface area (Å²) >= 11 is 0. The molecule has 0 saturated carbocycles. The van der Waals surface area contributed by atoms with E-state index in [1.807, 2.05) is 29.1 Å². The molecule has 1 aliphatic carbocycles. The van der Waals surface area contributed by atoms with Gasteiger partial charge in [0.25, 0.3) is 0 Å². The van der Waals surface area contributed by atoms with Gasteiger partial charge in [-0.05, 0) is 49.4 Å². The minimum atomic E-state index is 0.160. The number of fused-ring (bicyclic) bond motifs is 1. The summed E-state index contributed by atoms with van der Waals surface area (Å²) in [6.07, 6.45) is 5.12. The molecule has 0 bridgehead atoms. The van der Waals surface area contributed by atoms with Crippen molar-refractivity contribution in [2.45, 2.75) is 51.8 Å². The number of hydrogen-bond donors (Lipinski definition) is 1. The third-order valence-corrected chi connectivity index (χ3v) is 4.36. The van der Waals surface area contributed by atoms with E-state index in [0.29, 0.717) is 12.6 Å². The summed E-state index contributed by atoms with van der Waals surface area (Å²) < 4.78 is 7.98. The molecule has 2 atom stereocenters. The summed E-state index contributed by atoms with van der Waals surface area (Å²) in [7, 11) is 0. The third-order valence-electron chi connectivity index (χ3n) is 4.36. The van der Waals surface area contributed by atoms with Crippen LogP contribution in [0.25, 0.3) is 0 Å². The van der Waals surface area contributed by atoms with Crippen molar-refractivity contribution in [3.63, 3.8) is 0 Å². The van der Waals surface area contributed by atoms with Gasteiger partial charge in [0.2, 0.25) is 0 Å². The molecule has 1 aliphatic rings. The molecule has 4 heteroatoms. The summed E-state index contributed by atoms with van der Waals surface area (Å²) in [5, 5.41) is 4.57. The molecule has 3 rings (SSSR count). The zero-order valence-electron chi connectivity index (χ0n) is 12.7. The summed E-state index contributed by atoms with van der Waals surface area (Å²) in [5.74, 6) is 0.957. The number of nitrogens with zero attached hydrogens (tertiary/aromatic N) is 2. The molecule has 4 nitrogen and oxygen atoms in total. The average molecular weight is 285 g/mol. The lowest BCUT2D eigenvalue weighted by molar-refractivity contribution is 0.295. The molecular formula is C17H23N3O. The maximum atomic E-state index is 6.10. The van der Waals surface area contributed by atoms with E-state index < -0.39 is 0 Å². The standard InChI is InChI=1S/C17H23N3O/c1-3-12(2)20-10-9-13(19-20)11-21-17-6-4-5-14-15(17)7-8-16(14)18/h4-6,9-10,12,16H,3,7-8,11,18H2,1-2H3. The second-order valence-electron chi connectivity index (χ2n) is 5.80. The molecule has 0 radical (unpaired) electrons. The zero-order chi connectivity index (χ0) is 14.8. The fourth-order valence-corrected chi connectivity index (χ4v) is 2.83. The predicted octanol–water partition coefficient (Wildman–Crippen LogP) is 3.38. The van der Waals surface area contributed by atoms with E-state index in [4.69, 9.17) is 10.5 Å². The first-order valence-corrected chi connectivity index (χ1v) is 7.73. The molecular weight excluding hydrogens is 262 g/mol. The number of nitrogens with two attached hydrogens (primary N) is 1. The van der Waals surface area contributed by atoms with E-state index in [9.17, 15) is 0 Å². The highest BCUT2D eigenvalue weighted by Gasteiger charge is 2.22. The Bertz CT molecular complexity index is 620. The van der Waals surface area contributed by atoms with E-state index in [2.05, 4.69) is 25.0 Å². The summed E-state index contributed by atoms with van der Waals surface area (Å²) in [6, 6.07) is 8.78. The van der Waals surface area contributed by atoms with Crippen LogP contribution in [0.1, 0.15) is 55.6 Å². The Kier molecular flexibility index (Phi) is 3.97. The average Bonchev–Trinajstić information content (AvgIpc) is 3.12. The maximum Gasteiger partial charge on any atom is 0.132 e. The SMILES string of the molecule is CCC(C)n1ccc(COc2cccc3c2CCC3N)n1. The van der Waals surface area contributed by atoms with Gasteiger partial charge in [-0.15, -0.1) is 0 Å². The molecule has 2 aromatic rings. The maximum absolute atomic E-state index is 6.10. The van der Waals surface area contributed by atoms with Crippen molar-refractivity contribution in [1.29, 1.82) is 0 Å². The molecule has 0 spiro atoms. The molecule has 112 valence electrons. The van der Waals surface area contributed by atoms with Crippen LogP contribution in [0, 0.1) is 0 Å². The lowest BCUT2D eigenvalue weighted by Gasteiger charge is -2.11. The highest BCUT2D eigenvalue weighted by atomic mass is 16.5. The van der Waals surface area contributed by atoms with Crippen LogP contribution in [-0.4, -0.2) is 9.78 Å². The van der Waals surface area contributed by atoms with Gasteiger partial charge >= 0.3 is 0 Å². The normalized spacial score (nSPS) is 18.5. The lowest BCUT2D eigenvalue weighted by Crippen LogP contribution is -2.06. The van der Waals surface area contributed by atoms with Crippen molar-refractivity contribution in [3.05, 3.63) is 47.3 Å². The van der Waals surface area contributed by atoms with Crippen LogP contribution < -0.4 is 10.5 Å². The van der Waals surface area contributed by atoms with Gasteiger partial charge in [0.15, 0.2) is 0 Å². The van der Waals surface area contributed by atoms with Crippen LogP contribution in [0.3, 0.4) is 0 Å². The smallest absolute Gasteiger partial charge is 0.132 e. The largest absolute Gasteiger partial charge is 0.487 e. The highest BCUT2D eigenvalue weighted by Crippen LogP contribution is 2.35. The fraction of sp³-hybridized carbons (Fsp3) is 0.471. The Morgan fingerprint density at radius 2 is 2.29 bits per heavy atom. The molecule has 2 N–H and O–H groups in total. The van der Waals surface area contributed by atoms with Crippen molar-refractivity contribution >= 4 is 0 Å². The highest BCUT2D eigenvalue weighted by molar-refractivity contribution is 5.44. The van der Waals surface area contributed by atoms with Gasteiger partial charge in [-0.2, -0.15) is 5.10 Å². The van der Waals surface area contributed by atoms with Crippen LogP contribution in [0.15, 0.2) is 30.5 Å². The number of hydrogen-bond acceptors (Lipinski definition) is 3. The molecule has 1 aromatic heterocycles. The first-order valence-electron chi connectivity index (χ1n) is 7.73. The second-order valence-corrected chi connectivity index (χ2v) is 5.80. The van der Waals surface area contributed by atoms with E-state index in [1.165, 1.54) is 11.1 Å². The summed E-state index contributed by atoms with van der Waals surface area (Å²) in [6.45, 7) is 4.84. The van der Waals surface area contributed by atoms with Crippen LogP contribution in [0.5, 0.6) is 5.75 Å². The first-order chi connectivity index (χ1) is 10.2. The number of benzene rings is 1. The molecule has 1 heterocycles. The van der Waals surface area contributed by atoms with Gasteiger partial charge in [-0.25, -0.2) is 0 Å². The van der Waals surface area contributed by atoms with Crippen LogP contribution in [0.4, 0.5) is 0 Å².